The molecule has 0 bridgehead atoms. The lowest BCUT2D eigenvalue weighted by molar-refractivity contribution is -0.114. The number of ether oxygens (including phenoxy) is 1. The quantitative estimate of drug-likeness (QED) is 0.236. The highest BCUT2D eigenvalue weighted by atomic mass is 19.1. The van der Waals surface area contributed by atoms with E-state index in [2.05, 4.69) is 30.5 Å². The number of nitrogens with zero attached hydrogens (tertiary/aromatic N) is 5. The molecular formula is C30H27FN8O2. The Kier molecular flexibility index (Phi) is 6.86. The molecule has 3 N–H and O–H groups in total. The van der Waals surface area contributed by atoms with Crippen LogP contribution in [0, 0.1) is 5.82 Å². The first-order valence-corrected chi connectivity index (χ1v) is 13.0. The molecule has 0 spiro atoms. The van der Waals surface area contributed by atoms with Gasteiger partial charge in [0, 0.05) is 42.9 Å². The first-order valence-electron chi connectivity index (χ1n) is 13.0. The van der Waals surface area contributed by atoms with E-state index in [4.69, 9.17) is 9.72 Å². The van der Waals surface area contributed by atoms with Crippen molar-refractivity contribution in [1.29, 1.82) is 0 Å². The number of amides is 1. The van der Waals surface area contributed by atoms with Crippen molar-refractivity contribution in [3.63, 3.8) is 0 Å². The summed E-state index contributed by atoms with van der Waals surface area (Å²) in [6.45, 7) is 2.62. The monoisotopic (exact) mass is 550 g/mol. The summed E-state index contributed by atoms with van der Waals surface area (Å²) in [6.07, 6.45) is 4.96. The van der Waals surface area contributed by atoms with Crippen molar-refractivity contribution in [3.05, 3.63) is 72.9 Å². The Labute approximate surface area is 234 Å². The largest absolute Gasteiger partial charge is 0.492 e. The van der Waals surface area contributed by atoms with Gasteiger partial charge in [0.15, 0.2) is 0 Å². The average Bonchev–Trinajstić information content (AvgIpc) is 3.56. The molecule has 0 aliphatic rings. The number of aromatic amines is 2. The number of H-pyrrole nitrogens is 2. The van der Waals surface area contributed by atoms with E-state index in [1.165, 1.54) is 19.1 Å². The number of likely N-dealkylation sites (N-methyl/N-ethyl adjacent to an activating group) is 1. The minimum Gasteiger partial charge on any atom is -0.492 e. The maximum atomic E-state index is 14.6. The number of fused-ring (bicyclic) bond motifs is 2. The van der Waals surface area contributed by atoms with Crippen LogP contribution in [-0.2, 0) is 4.79 Å². The number of halogens is 1. The third-order valence-corrected chi connectivity index (χ3v) is 6.54. The van der Waals surface area contributed by atoms with Gasteiger partial charge in [-0.05, 0) is 67.7 Å². The third-order valence-electron chi connectivity index (χ3n) is 6.54. The number of carbonyl (C=O) groups excluding carboxylic acids is 1. The summed E-state index contributed by atoms with van der Waals surface area (Å²) in [7, 11) is 3.92. The Morgan fingerprint density at radius 1 is 1.07 bits per heavy atom. The van der Waals surface area contributed by atoms with Gasteiger partial charge in [0.2, 0.25) is 5.91 Å². The van der Waals surface area contributed by atoms with Gasteiger partial charge in [-0.3, -0.25) is 14.9 Å². The average molecular weight is 551 g/mol. The lowest BCUT2D eigenvalue weighted by Crippen LogP contribution is -2.19. The van der Waals surface area contributed by atoms with Crippen LogP contribution in [0.4, 0.5) is 10.1 Å². The van der Waals surface area contributed by atoms with Crippen LogP contribution in [0.2, 0.25) is 0 Å². The molecule has 206 valence electrons. The topological polar surface area (TPSA) is 125 Å². The fourth-order valence-corrected chi connectivity index (χ4v) is 4.65. The number of pyridine rings is 3. The normalized spacial score (nSPS) is 11.4. The summed E-state index contributed by atoms with van der Waals surface area (Å²) in [5.41, 5.74) is 6.87. The fraction of sp³-hybridized carbons (Fsp3) is 0.167. The second-order valence-corrected chi connectivity index (χ2v) is 9.94. The minimum atomic E-state index is -0.379. The van der Waals surface area contributed by atoms with Crippen LogP contribution in [0.1, 0.15) is 6.92 Å². The highest BCUT2D eigenvalue weighted by Gasteiger charge is 2.17. The minimum absolute atomic E-state index is 0.178. The molecular weight excluding hydrogens is 523 g/mol. The van der Waals surface area contributed by atoms with E-state index in [1.54, 1.807) is 18.6 Å². The molecule has 0 radical (unpaired) electrons. The lowest BCUT2D eigenvalue weighted by atomic mass is 10.0. The van der Waals surface area contributed by atoms with Crippen molar-refractivity contribution in [3.8, 4) is 39.5 Å². The van der Waals surface area contributed by atoms with E-state index in [0.717, 1.165) is 28.6 Å². The number of nitrogens with one attached hydrogen (secondary N) is 3. The summed E-state index contributed by atoms with van der Waals surface area (Å²) in [5, 5.41) is 11.1. The maximum absolute atomic E-state index is 14.6. The van der Waals surface area contributed by atoms with Crippen LogP contribution in [0.25, 0.3) is 55.8 Å². The first kappa shape index (κ1) is 26.1. The van der Waals surface area contributed by atoms with Gasteiger partial charge in [0.1, 0.15) is 35.0 Å². The Hall–Kier alpha value is -5.16. The number of benzene rings is 1. The van der Waals surface area contributed by atoms with Gasteiger partial charge in [0.05, 0.1) is 28.8 Å². The number of carbonyl (C=O) groups is 1. The number of rotatable bonds is 8. The Morgan fingerprint density at radius 3 is 2.78 bits per heavy atom. The second kappa shape index (κ2) is 10.8. The summed E-state index contributed by atoms with van der Waals surface area (Å²) in [4.78, 5) is 30.4. The fourth-order valence-electron chi connectivity index (χ4n) is 4.65. The number of hydrogen-bond acceptors (Lipinski definition) is 7. The molecule has 5 aromatic heterocycles. The van der Waals surface area contributed by atoms with Crippen molar-refractivity contribution in [1.82, 2.24) is 35.0 Å². The Balaban J connectivity index is 1.38. The summed E-state index contributed by atoms with van der Waals surface area (Å²) in [6, 6.07) is 14.1. The van der Waals surface area contributed by atoms with Crippen LogP contribution in [0.5, 0.6) is 5.75 Å². The second-order valence-electron chi connectivity index (χ2n) is 9.94. The van der Waals surface area contributed by atoms with Crippen LogP contribution in [-0.4, -0.2) is 68.2 Å². The molecule has 6 aromatic rings. The lowest BCUT2D eigenvalue weighted by Gasteiger charge is -2.12. The predicted octanol–water partition coefficient (Wildman–Crippen LogP) is 5.27. The molecule has 0 atom stereocenters. The number of aromatic nitrogens is 6. The molecule has 5 heterocycles. The van der Waals surface area contributed by atoms with Crippen molar-refractivity contribution in [2.75, 3.05) is 32.6 Å². The molecule has 0 aliphatic carbocycles. The van der Waals surface area contributed by atoms with Crippen molar-refractivity contribution in [2.24, 2.45) is 0 Å². The molecule has 11 heteroatoms. The molecule has 0 saturated carbocycles. The van der Waals surface area contributed by atoms with E-state index in [-0.39, 0.29) is 11.7 Å². The molecule has 0 saturated heterocycles. The zero-order valence-corrected chi connectivity index (χ0v) is 22.7. The summed E-state index contributed by atoms with van der Waals surface area (Å²) < 4.78 is 20.4. The summed E-state index contributed by atoms with van der Waals surface area (Å²) in [5.74, 6) is -0.0904. The summed E-state index contributed by atoms with van der Waals surface area (Å²) >= 11 is 0. The van der Waals surface area contributed by atoms with Gasteiger partial charge in [-0.15, -0.1) is 0 Å². The standard InChI is InChI=1S/C30H27FN8O2/c1-17(40)34-21-11-19(15-32-16-21)25-4-5-26-28(35-25)29(38-37-26)27-14-24-23(6-7-33-30(24)36-27)18-10-20(31)13-22(12-18)41-9-8-39(2)3/h4-7,10-16H,8-9H2,1-3H3,(H,33,36)(H,34,40)(H,37,38). The smallest absolute Gasteiger partial charge is 0.221 e. The van der Waals surface area contributed by atoms with Gasteiger partial charge in [-0.2, -0.15) is 5.10 Å². The highest BCUT2D eigenvalue weighted by molar-refractivity contribution is 5.99. The zero-order chi connectivity index (χ0) is 28.5. The predicted molar refractivity (Wildman–Crippen MR) is 156 cm³/mol. The van der Waals surface area contributed by atoms with Gasteiger partial charge < -0.3 is 19.9 Å². The molecule has 1 aromatic carbocycles. The van der Waals surface area contributed by atoms with E-state index in [9.17, 15) is 9.18 Å². The van der Waals surface area contributed by atoms with Gasteiger partial charge in [-0.25, -0.2) is 14.4 Å². The molecule has 0 fully saturated rings. The van der Waals surface area contributed by atoms with Gasteiger partial charge >= 0.3 is 0 Å². The SMILES string of the molecule is CC(=O)Nc1cncc(-c2ccc3[nH]nc(-c4cc5c(-c6cc(F)cc(OCCN(C)C)c6)ccnc5[nH]4)c3n2)c1. The molecule has 0 unspecified atom stereocenters. The number of anilines is 1. The molecule has 1 amide bonds. The molecule has 6 rings (SSSR count). The zero-order valence-electron chi connectivity index (χ0n) is 22.7. The Morgan fingerprint density at radius 2 is 1.95 bits per heavy atom. The van der Waals surface area contributed by atoms with Crippen molar-refractivity contribution in [2.45, 2.75) is 6.92 Å². The van der Waals surface area contributed by atoms with Crippen molar-refractivity contribution >= 4 is 33.7 Å². The van der Waals surface area contributed by atoms with Crippen LogP contribution in [0.15, 0.2) is 67.1 Å². The van der Waals surface area contributed by atoms with E-state index < -0.39 is 0 Å². The maximum Gasteiger partial charge on any atom is 0.221 e. The molecule has 0 aliphatic heterocycles. The van der Waals surface area contributed by atoms with Gasteiger partial charge in [0.25, 0.3) is 0 Å². The van der Waals surface area contributed by atoms with Crippen LogP contribution >= 0.6 is 0 Å². The number of hydrogen-bond donors (Lipinski definition) is 3. The highest BCUT2D eigenvalue weighted by Crippen LogP contribution is 2.35. The molecule has 10 nitrogen and oxygen atoms in total. The third kappa shape index (κ3) is 5.48. The van der Waals surface area contributed by atoms with E-state index >= 15 is 0 Å². The van der Waals surface area contributed by atoms with Crippen molar-refractivity contribution < 1.29 is 13.9 Å². The molecule has 41 heavy (non-hydrogen) atoms. The van der Waals surface area contributed by atoms with E-state index in [0.29, 0.717) is 51.9 Å². The van der Waals surface area contributed by atoms with Crippen LogP contribution in [0.3, 0.4) is 0 Å². The van der Waals surface area contributed by atoms with Gasteiger partial charge in [-0.1, -0.05) is 0 Å². The van der Waals surface area contributed by atoms with Crippen LogP contribution < -0.4 is 10.1 Å². The first-order chi connectivity index (χ1) is 19.8. The van der Waals surface area contributed by atoms with E-state index in [1.807, 2.05) is 55.4 Å². The Bertz CT molecular complexity index is 1900.